The van der Waals surface area contributed by atoms with E-state index in [0.29, 0.717) is 12.0 Å². The van der Waals surface area contributed by atoms with E-state index in [4.69, 9.17) is 0 Å². The molecule has 2 fully saturated rings. The topological polar surface area (TPSA) is 44.4 Å². The van der Waals surface area contributed by atoms with Gasteiger partial charge in [0.15, 0.2) is 0 Å². The van der Waals surface area contributed by atoms with Gasteiger partial charge in [0.2, 0.25) is 5.91 Å². The van der Waals surface area contributed by atoms with Gasteiger partial charge in [0, 0.05) is 43.9 Å². The summed E-state index contributed by atoms with van der Waals surface area (Å²) in [4.78, 5) is 13.9. The summed E-state index contributed by atoms with van der Waals surface area (Å²) in [5.41, 5.74) is 9.69. The van der Waals surface area contributed by atoms with Gasteiger partial charge in [-0.2, -0.15) is 0 Å². The molecule has 2 N–H and O–H groups in total. The standard InChI is InChI=1S/C21H25N3O/c1-15(25)24-13-12-19-18(14-24)21(23-22-19)20(16-8-4-2-5-9-16)17-10-6-3-7-11-17/h2-11,18-23H,12-14H2,1H3. The Balaban J connectivity index is 1.69. The molecule has 1 amide bonds. The molecule has 4 nitrogen and oxygen atoms in total. The Morgan fingerprint density at radius 3 is 2.16 bits per heavy atom. The molecule has 4 heteroatoms. The summed E-state index contributed by atoms with van der Waals surface area (Å²) in [5, 5.41) is 0. The van der Waals surface area contributed by atoms with Crippen LogP contribution in [-0.2, 0) is 4.79 Å². The Morgan fingerprint density at radius 1 is 1.00 bits per heavy atom. The van der Waals surface area contributed by atoms with Crippen LogP contribution in [0.1, 0.15) is 30.4 Å². The number of fused-ring (bicyclic) bond motifs is 1. The first-order chi connectivity index (χ1) is 12.2. The van der Waals surface area contributed by atoms with Gasteiger partial charge in [0.25, 0.3) is 0 Å². The Kier molecular flexibility index (Phi) is 4.55. The molecule has 3 atom stereocenters. The predicted molar refractivity (Wildman–Crippen MR) is 98.9 cm³/mol. The van der Waals surface area contributed by atoms with Crippen molar-refractivity contribution in [3.05, 3.63) is 71.8 Å². The van der Waals surface area contributed by atoms with E-state index in [1.54, 1.807) is 6.92 Å². The number of likely N-dealkylation sites (tertiary alicyclic amines) is 1. The number of rotatable bonds is 3. The maximum atomic E-state index is 11.9. The number of carbonyl (C=O) groups is 1. The van der Waals surface area contributed by atoms with E-state index in [1.165, 1.54) is 11.1 Å². The minimum absolute atomic E-state index is 0.181. The van der Waals surface area contributed by atoms with E-state index in [0.717, 1.165) is 19.5 Å². The van der Waals surface area contributed by atoms with Crippen molar-refractivity contribution < 1.29 is 4.79 Å². The second-order valence-electron chi connectivity index (χ2n) is 7.14. The van der Waals surface area contributed by atoms with Gasteiger partial charge in [-0.05, 0) is 17.5 Å². The molecule has 2 aliphatic heterocycles. The lowest BCUT2D eigenvalue weighted by Crippen LogP contribution is -2.48. The SMILES string of the molecule is CC(=O)N1CCC2NNC(C(c3ccccc3)c3ccccc3)C2C1. The smallest absolute Gasteiger partial charge is 0.219 e. The van der Waals surface area contributed by atoms with Crippen LogP contribution in [0.5, 0.6) is 0 Å². The van der Waals surface area contributed by atoms with E-state index in [-0.39, 0.29) is 17.9 Å². The first kappa shape index (κ1) is 16.3. The summed E-state index contributed by atoms with van der Waals surface area (Å²) in [7, 11) is 0. The lowest BCUT2D eigenvalue weighted by Gasteiger charge is -2.38. The summed E-state index contributed by atoms with van der Waals surface area (Å²) in [6.45, 7) is 3.34. The largest absolute Gasteiger partial charge is 0.342 e. The minimum Gasteiger partial charge on any atom is -0.342 e. The van der Waals surface area contributed by atoms with Gasteiger partial charge < -0.3 is 4.90 Å². The number of hydrogen-bond acceptors (Lipinski definition) is 3. The zero-order valence-electron chi connectivity index (χ0n) is 14.6. The van der Waals surface area contributed by atoms with Crippen LogP contribution in [0.2, 0.25) is 0 Å². The van der Waals surface area contributed by atoms with E-state index in [9.17, 15) is 4.79 Å². The molecule has 0 radical (unpaired) electrons. The summed E-state index contributed by atoms with van der Waals surface area (Å²) < 4.78 is 0. The van der Waals surface area contributed by atoms with Crippen molar-refractivity contribution in [3.63, 3.8) is 0 Å². The highest BCUT2D eigenvalue weighted by Crippen LogP contribution is 2.37. The van der Waals surface area contributed by atoms with Gasteiger partial charge in [-0.15, -0.1) is 0 Å². The average molecular weight is 335 g/mol. The normalized spacial score (nSPS) is 25.8. The molecule has 0 aromatic heterocycles. The lowest BCUT2D eigenvalue weighted by atomic mass is 9.76. The van der Waals surface area contributed by atoms with Crippen molar-refractivity contribution in [2.45, 2.75) is 31.3 Å². The minimum atomic E-state index is 0.181. The molecular formula is C21H25N3O. The van der Waals surface area contributed by atoms with Crippen LogP contribution in [0.3, 0.4) is 0 Å². The highest BCUT2D eigenvalue weighted by molar-refractivity contribution is 5.73. The fraction of sp³-hybridized carbons (Fsp3) is 0.381. The van der Waals surface area contributed by atoms with Crippen molar-refractivity contribution in [2.24, 2.45) is 5.92 Å². The number of nitrogens with zero attached hydrogens (tertiary/aromatic N) is 1. The number of carbonyl (C=O) groups excluding carboxylic acids is 1. The molecule has 0 aliphatic carbocycles. The van der Waals surface area contributed by atoms with Crippen LogP contribution >= 0.6 is 0 Å². The van der Waals surface area contributed by atoms with Crippen LogP contribution in [-0.4, -0.2) is 36.0 Å². The Bertz CT molecular complexity index is 679. The molecule has 130 valence electrons. The molecule has 0 bridgehead atoms. The van der Waals surface area contributed by atoms with Crippen LogP contribution < -0.4 is 10.9 Å². The van der Waals surface area contributed by atoms with Crippen molar-refractivity contribution >= 4 is 5.91 Å². The maximum Gasteiger partial charge on any atom is 0.219 e. The Labute approximate surface area is 149 Å². The van der Waals surface area contributed by atoms with Gasteiger partial charge >= 0.3 is 0 Å². The maximum absolute atomic E-state index is 11.9. The first-order valence-electron chi connectivity index (χ1n) is 9.10. The van der Waals surface area contributed by atoms with E-state index < -0.39 is 0 Å². The van der Waals surface area contributed by atoms with E-state index >= 15 is 0 Å². The molecule has 2 saturated heterocycles. The molecule has 2 aromatic rings. The number of hydrogen-bond donors (Lipinski definition) is 2. The van der Waals surface area contributed by atoms with E-state index in [2.05, 4.69) is 71.5 Å². The van der Waals surface area contributed by atoms with Crippen molar-refractivity contribution in [3.8, 4) is 0 Å². The molecule has 0 saturated carbocycles. The van der Waals surface area contributed by atoms with E-state index in [1.807, 2.05) is 4.90 Å². The highest BCUT2D eigenvalue weighted by atomic mass is 16.2. The molecule has 4 rings (SSSR count). The van der Waals surface area contributed by atoms with Crippen molar-refractivity contribution in [2.75, 3.05) is 13.1 Å². The molecule has 0 spiro atoms. The highest BCUT2D eigenvalue weighted by Gasteiger charge is 2.44. The first-order valence-corrected chi connectivity index (χ1v) is 9.10. The van der Waals surface area contributed by atoms with Gasteiger partial charge in [-0.1, -0.05) is 60.7 Å². The number of benzene rings is 2. The zero-order valence-corrected chi connectivity index (χ0v) is 14.6. The zero-order chi connectivity index (χ0) is 17.2. The number of nitrogens with one attached hydrogen (secondary N) is 2. The second kappa shape index (κ2) is 6.98. The van der Waals surface area contributed by atoms with Crippen molar-refractivity contribution in [1.82, 2.24) is 15.8 Å². The summed E-state index contributed by atoms with van der Waals surface area (Å²) >= 11 is 0. The quantitative estimate of drug-likeness (QED) is 0.906. The van der Waals surface area contributed by atoms with Crippen LogP contribution in [0.25, 0.3) is 0 Å². The molecular weight excluding hydrogens is 310 g/mol. The Hall–Kier alpha value is -2.17. The van der Waals surface area contributed by atoms with Gasteiger partial charge in [0.05, 0.1) is 0 Å². The third-order valence-corrected chi connectivity index (χ3v) is 5.68. The van der Waals surface area contributed by atoms with Crippen LogP contribution in [0.4, 0.5) is 0 Å². The van der Waals surface area contributed by atoms with Crippen molar-refractivity contribution in [1.29, 1.82) is 0 Å². The number of piperidine rings is 1. The monoisotopic (exact) mass is 335 g/mol. The summed E-state index contributed by atoms with van der Waals surface area (Å²) in [5.74, 6) is 0.847. The predicted octanol–water partition coefficient (Wildman–Crippen LogP) is 2.53. The Morgan fingerprint density at radius 2 is 1.60 bits per heavy atom. The molecule has 25 heavy (non-hydrogen) atoms. The molecule has 2 heterocycles. The fourth-order valence-electron chi connectivity index (χ4n) is 4.38. The second-order valence-corrected chi connectivity index (χ2v) is 7.14. The van der Waals surface area contributed by atoms with Crippen LogP contribution in [0.15, 0.2) is 60.7 Å². The van der Waals surface area contributed by atoms with Gasteiger partial charge in [-0.3, -0.25) is 15.6 Å². The third kappa shape index (κ3) is 3.20. The summed E-state index contributed by atoms with van der Waals surface area (Å²) in [6.07, 6.45) is 1.00. The number of hydrazine groups is 1. The fourth-order valence-corrected chi connectivity index (χ4v) is 4.38. The van der Waals surface area contributed by atoms with Crippen LogP contribution in [0, 0.1) is 5.92 Å². The number of amides is 1. The average Bonchev–Trinajstić information content (AvgIpc) is 3.07. The third-order valence-electron chi connectivity index (χ3n) is 5.68. The van der Waals surface area contributed by atoms with Gasteiger partial charge in [0.1, 0.15) is 0 Å². The molecule has 2 aliphatic rings. The molecule has 2 aromatic carbocycles. The lowest BCUT2D eigenvalue weighted by molar-refractivity contribution is -0.130. The van der Waals surface area contributed by atoms with Gasteiger partial charge in [-0.25, -0.2) is 0 Å². The molecule has 3 unspecified atom stereocenters. The summed E-state index contributed by atoms with van der Waals surface area (Å²) in [6, 6.07) is 22.1.